The van der Waals surface area contributed by atoms with Crippen molar-refractivity contribution in [3.05, 3.63) is 83.6 Å². The zero-order valence-corrected chi connectivity index (χ0v) is 18.5. The number of benzene rings is 2. The second kappa shape index (κ2) is 9.56. The highest BCUT2D eigenvalue weighted by Crippen LogP contribution is 2.31. The maximum atomic E-state index is 13.2. The lowest BCUT2D eigenvalue weighted by Crippen LogP contribution is -2.39. The molecule has 0 unspecified atom stereocenters. The molecule has 7 nitrogen and oxygen atoms in total. The van der Waals surface area contributed by atoms with E-state index in [2.05, 4.69) is 17.2 Å². The van der Waals surface area contributed by atoms with Crippen LogP contribution >= 0.6 is 0 Å². The Kier molecular flexibility index (Phi) is 6.40. The van der Waals surface area contributed by atoms with E-state index in [-0.39, 0.29) is 24.7 Å². The Morgan fingerprint density at radius 2 is 1.85 bits per heavy atom. The lowest BCUT2D eigenvalue weighted by Gasteiger charge is -2.20. The van der Waals surface area contributed by atoms with Crippen LogP contribution in [0, 0.1) is 0 Å². The molecule has 0 radical (unpaired) electrons. The van der Waals surface area contributed by atoms with Crippen molar-refractivity contribution in [3.63, 3.8) is 0 Å². The van der Waals surface area contributed by atoms with Crippen LogP contribution in [0.3, 0.4) is 0 Å². The predicted molar refractivity (Wildman–Crippen MR) is 128 cm³/mol. The molecule has 2 heterocycles. The highest BCUT2D eigenvalue weighted by Gasteiger charge is 2.27. The Bertz CT molecular complexity index is 1250. The number of ketones is 1. The summed E-state index contributed by atoms with van der Waals surface area (Å²) in [5.41, 5.74) is 4.22. The molecule has 0 saturated heterocycles. The number of aromatic nitrogens is 1. The third-order valence-electron chi connectivity index (χ3n) is 5.45. The molecule has 0 spiro atoms. The van der Waals surface area contributed by atoms with Gasteiger partial charge in [0.25, 0.3) is 0 Å². The quantitative estimate of drug-likeness (QED) is 0.577. The van der Waals surface area contributed by atoms with E-state index >= 15 is 0 Å². The van der Waals surface area contributed by atoms with Crippen molar-refractivity contribution >= 4 is 40.5 Å². The highest BCUT2D eigenvalue weighted by atomic mass is 16.2. The summed E-state index contributed by atoms with van der Waals surface area (Å²) in [4.78, 5) is 48.0. The summed E-state index contributed by atoms with van der Waals surface area (Å²) >= 11 is 0. The summed E-state index contributed by atoms with van der Waals surface area (Å²) in [6.45, 7) is 3.33. The molecule has 0 fully saturated rings. The number of carbonyl (C=O) groups is 3. The molecular weight excluding hydrogens is 416 g/mol. The lowest BCUT2D eigenvalue weighted by atomic mass is 10.0. The Labute approximate surface area is 192 Å². The molecule has 1 aromatic heterocycles. The summed E-state index contributed by atoms with van der Waals surface area (Å²) in [5.74, 6) is -0.409. The zero-order chi connectivity index (χ0) is 23.4. The number of carbonyl (C=O) groups excluding carboxylic acids is 3. The van der Waals surface area contributed by atoms with Crippen LogP contribution in [-0.2, 0) is 16.0 Å². The van der Waals surface area contributed by atoms with Crippen molar-refractivity contribution < 1.29 is 14.4 Å². The predicted octanol–water partition coefficient (Wildman–Crippen LogP) is 4.34. The lowest BCUT2D eigenvalue weighted by molar-refractivity contribution is -0.120. The summed E-state index contributed by atoms with van der Waals surface area (Å²) in [6, 6.07) is 18.2. The number of Topliss-reactive ketones (excluding diaryl/α,β-unsaturated/α-hetero) is 1. The summed E-state index contributed by atoms with van der Waals surface area (Å²) in [7, 11) is 0. The SMILES string of the molecule is CCc1ccc(C2=Nc3cccnc3N(CC(=O)Nc3cccc(C(C)=O)c3)C(=O)C2)cc1. The molecule has 1 aliphatic heterocycles. The first-order valence-corrected chi connectivity index (χ1v) is 10.8. The second-order valence-electron chi connectivity index (χ2n) is 7.80. The van der Waals surface area contributed by atoms with Crippen LogP contribution in [0.5, 0.6) is 0 Å². The van der Waals surface area contributed by atoms with Gasteiger partial charge in [-0.25, -0.2) is 9.98 Å². The van der Waals surface area contributed by atoms with Gasteiger partial charge in [-0.3, -0.25) is 19.3 Å². The number of hydrogen-bond donors (Lipinski definition) is 1. The minimum atomic E-state index is -0.392. The molecular formula is C26H24N4O3. The van der Waals surface area contributed by atoms with Crippen LogP contribution in [0.4, 0.5) is 17.2 Å². The van der Waals surface area contributed by atoms with E-state index in [4.69, 9.17) is 4.99 Å². The first-order valence-electron chi connectivity index (χ1n) is 10.8. The van der Waals surface area contributed by atoms with Crippen molar-refractivity contribution in [1.29, 1.82) is 0 Å². The van der Waals surface area contributed by atoms with E-state index in [1.807, 2.05) is 24.3 Å². The standard InChI is InChI=1S/C26H24N4O3/c1-3-18-9-11-19(12-10-18)23-15-25(33)30(26-22(29-23)8-5-13-27-26)16-24(32)28-21-7-4-6-20(14-21)17(2)31/h4-14H,3,15-16H2,1-2H3,(H,28,32). The molecule has 4 rings (SSSR count). The van der Waals surface area contributed by atoms with Gasteiger partial charge in [0.1, 0.15) is 12.2 Å². The van der Waals surface area contributed by atoms with Crippen LogP contribution in [0.1, 0.15) is 41.8 Å². The molecule has 3 aromatic rings. The Morgan fingerprint density at radius 1 is 1.06 bits per heavy atom. The van der Waals surface area contributed by atoms with Gasteiger partial charge in [-0.2, -0.15) is 0 Å². The van der Waals surface area contributed by atoms with E-state index in [9.17, 15) is 14.4 Å². The Hall–Kier alpha value is -4.13. The smallest absolute Gasteiger partial charge is 0.244 e. The van der Waals surface area contributed by atoms with Crippen LogP contribution < -0.4 is 10.2 Å². The van der Waals surface area contributed by atoms with E-state index in [1.54, 1.807) is 42.6 Å². The number of pyridine rings is 1. The van der Waals surface area contributed by atoms with Crippen molar-refractivity contribution in [2.45, 2.75) is 26.7 Å². The third kappa shape index (κ3) is 5.03. The number of rotatable bonds is 6. The molecule has 0 bridgehead atoms. The Balaban J connectivity index is 1.58. The number of nitrogens with zero attached hydrogens (tertiary/aromatic N) is 3. The van der Waals surface area contributed by atoms with Gasteiger partial charge >= 0.3 is 0 Å². The Morgan fingerprint density at radius 3 is 2.58 bits per heavy atom. The van der Waals surface area contributed by atoms with E-state index in [0.29, 0.717) is 28.5 Å². The van der Waals surface area contributed by atoms with Crippen LogP contribution in [-0.4, -0.2) is 34.8 Å². The number of aryl methyl sites for hydroxylation is 1. The van der Waals surface area contributed by atoms with Crippen molar-refractivity contribution in [1.82, 2.24) is 4.98 Å². The summed E-state index contributed by atoms with van der Waals surface area (Å²) < 4.78 is 0. The van der Waals surface area contributed by atoms with E-state index < -0.39 is 5.91 Å². The molecule has 166 valence electrons. The molecule has 33 heavy (non-hydrogen) atoms. The van der Waals surface area contributed by atoms with Gasteiger partial charge in [-0.05, 0) is 48.7 Å². The van der Waals surface area contributed by atoms with Crippen molar-refractivity contribution in [2.24, 2.45) is 4.99 Å². The normalized spacial score (nSPS) is 13.1. The van der Waals surface area contributed by atoms with Crippen molar-refractivity contribution in [3.8, 4) is 0 Å². The maximum absolute atomic E-state index is 13.2. The highest BCUT2D eigenvalue weighted by molar-refractivity contribution is 6.18. The first-order chi connectivity index (χ1) is 15.9. The molecule has 2 amide bonds. The molecule has 2 aromatic carbocycles. The number of anilines is 2. The third-order valence-corrected chi connectivity index (χ3v) is 5.45. The summed E-state index contributed by atoms with van der Waals surface area (Å²) in [5, 5.41) is 2.76. The fourth-order valence-electron chi connectivity index (χ4n) is 3.65. The number of nitrogens with one attached hydrogen (secondary N) is 1. The van der Waals surface area contributed by atoms with Gasteiger partial charge in [0.15, 0.2) is 11.6 Å². The second-order valence-corrected chi connectivity index (χ2v) is 7.80. The number of hydrogen-bond acceptors (Lipinski definition) is 5. The zero-order valence-electron chi connectivity index (χ0n) is 18.5. The van der Waals surface area contributed by atoms with E-state index in [1.165, 1.54) is 17.4 Å². The first kappa shape index (κ1) is 22.1. The van der Waals surface area contributed by atoms with Crippen LogP contribution in [0.2, 0.25) is 0 Å². The van der Waals surface area contributed by atoms with Crippen molar-refractivity contribution in [2.75, 3.05) is 16.8 Å². The van der Waals surface area contributed by atoms with Gasteiger partial charge in [0, 0.05) is 17.4 Å². The van der Waals surface area contributed by atoms with E-state index in [0.717, 1.165) is 12.0 Å². The minimum Gasteiger partial charge on any atom is -0.325 e. The maximum Gasteiger partial charge on any atom is 0.244 e. The number of amides is 2. The molecule has 0 saturated carbocycles. The van der Waals surface area contributed by atoms with Gasteiger partial charge in [0.2, 0.25) is 11.8 Å². The average molecular weight is 441 g/mol. The van der Waals surface area contributed by atoms with Gasteiger partial charge in [0.05, 0.1) is 12.1 Å². The van der Waals surface area contributed by atoms with Crippen LogP contribution in [0.15, 0.2) is 71.9 Å². The van der Waals surface area contributed by atoms with Crippen LogP contribution in [0.25, 0.3) is 0 Å². The van der Waals surface area contributed by atoms with Gasteiger partial charge in [-0.1, -0.05) is 43.3 Å². The fourth-order valence-corrected chi connectivity index (χ4v) is 3.65. The molecule has 7 heteroatoms. The monoisotopic (exact) mass is 440 g/mol. The fraction of sp³-hybridized carbons (Fsp3) is 0.192. The molecule has 0 atom stereocenters. The molecule has 1 N–H and O–H groups in total. The number of aliphatic imine (C=N–C) groups is 1. The van der Waals surface area contributed by atoms with Gasteiger partial charge in [-0.15, -0.1) is 0 Å². The van der Waals surface area contributed by atoms with Gasteiger partial charge < -0.3 is 5.32 Å². The topological polar surface area (TPSA) is 91.7 Å². The number of fused-ring (bicyclic) bond motifs is 1. The largest absolute Gasteiger partial charge is 0.325 e. The molecule has 0 aliphatic carbocycles. The summed E-state index contributed by atoms with van der Waals surface area (Å²) in [6.07, 6.45) is 2.55. The molecule has 1 aliphatic rings. The average Bonchev–Trinajstić information content (AvgIpc) is 2.96. The minimum absolute atomic E-state index is 0.0505.